The summed E-state index contributed by atoms with van der Waals surface area (Å²) in [6.07, 6.45) is 15.8. The van der Waals surface area contributed by atoms with Crippen LogP contribution < -0.4 is 21.3 Å². The van der Waals surface area contributed by atoms with Crippen LogP contribution in [0.1, 0.15) is 111 Å². The van der Waals surface area contributed by atoms with Gasteiger partial charge in [-0.25, -0.2) is 9.59 Å². The first-order chi connectivity index (χ1) is 15.4. The van der Waals surface area contributed by atoms with Gasteiger partial charge >= 0.3 is 12.1 Å². The second-order valence-corrected chi connectivity index (χ2v) is 10.3. The predicted octanol–water partition coefficient (Wildman–Crippen LogP) is 5.97. The highest BCUT2D eigenvalue weighted by Gasteiger charge is 2.47. The third-order valence-corrected chi connectivity index (χ3v) is 7.32. The normalized spacial score (nSPS) is 19.1. The van der Waals surface area contributed by atoms with E-state index in [2.05, 4.69) is 49.0 Å². The van der Waals surface area contributed by atoms with Crippen LogP contribution in [0.25, 0.3) is 0 Å². The first-order valence-electron chi connectivity index (χ1n) is 13.4. The van der Waals surface area contributed by atoms with Crippen molar-refractivity contribution in [3.05, 3.63) is 0 Å². The second kappa shape index (κ2) is 17.1. The molecular formula is C26H52N4O2. The molecule has 0 saturated heterocycles. The molecule has 4 amide bonds. The molecule has 188 valence electrons. The molecule has 6 heteroatoms. The molecular weight excluding hydrogens is 400 g/mol. The Balaban J connectivity index is 2.05. The molecule has 32 heavy (non-hydrogen) atoms. The Hall–Kier alpha value is -1.46. The van der Waals surface area contributed by atoms with Crippen molar-refractivity contribution in [1.29, 1.82) is 0 Å². The van der Waals surface area contributed by atoms with Crippen molar-refractivity contribution in [2.24, 2.45) is 17.3 Å². The van der Waals surface area contributed by atoms with E-state index in [1.54, 1.807) is 0 Å². The Morgan fingerprint density at radius 3 is 1.38 bits per heavy atom. The summed E-state index contributed by atoms with van der Waals surface area (Å²) in [5, 5.41) is 12.0. The summed E-state index contributed by atoms with van der Waals surface area (Å²) in [7, 11) is 0. The minimum absolute atomic E-state index is 0.0509. The van der Waals surface area contributed by atoms with Gasteiger partial charge in [-0.15, -0.1) is 0 Å². The van der Waals surface area contributed by atoms with Crippen molar-refractivity contribution in [2.75, 3.05) is 26.2 Å². The van der Waals surface area contributed by atoms with Crippen LogP contribution in [0.2, 0.25) is 0 Å². The molecule has 2 atom stereocenters. The molecule has 1 rings (SSSR count). The Morgan fingerprint density at radius 2 is 1.00 bits per heavy atom. The van der Waals surface area contributed by atoms with E-state index in [1.807, 2.05) is 0 Å². The zero-order valence-electron chi connectivity index (χ0n) is 21.5. The lowest BCUT2D eigenvalue weighted by molar-refractivity contribution is -0.0146. The Labute approximate surface area is 197 Å². The van der Waals surface area contributed by atoms with Crippen LogP contribution in [0.15, 0.2) is 0 Å². The summed E-state index contributed by atoms with van der Waals surface area (Å²) in [6.45, 7) is 11.9. The lowest BCUT2D eigenvalue weighted by atomic mass is 9.54. The van der Waals surface area contributed by atoms with Crippen LogP contribution in [-0.2, 0) is 0 Å². The molecule has 1 aliphatic carbocycles. The fourth-order valence-electron chi connectivity index (χ4n) is 4.59. The molecule has 0 aromatic rings. The molecule has 1 saturated carbocycles. The molecule has 0 bridgehead atoms. The monoisotopic (exact) mass is 452 g/mol. The molecule has 0 spiro atoms. The number of carbonyl (C=O) groups is 2. The van der Waals surface area contributed by atoms with Gasteiger partial charge in [0.2, 0.25) is 0 Å². The van der Waals surface area contributed by atoms with E-state index in [9.17, 15) is 9.59 Å². The fraction of sp³-hybridized carbons (Fsp3) is 0.923. The van der Waals surface area contributed by atoms with E-state index in [0.717, 1.165) is 32.4 Å². The van der Waals surface area contributed by atoms with E-state index in [0.29, 0.717) is 24.9 Å². The number of hydrogen-bond acceptors (Lipinski definition) is 2. The number of carbonyl (C=O) groups excluding carboxylic acids is 2. The van der Waals surface area contributed by atoms with Crippen LogP contribution in [-0.4, -0.2) is 38.2 Å². The Morgan fingerprint density at radius 1 is 0.625 bits per heavy atom. The molecule has 1 aliphatic rings. The van der Waals surface area contributed by atoms with E-state index in [4.69, 9.17) is 0 Å². The predicted molar refractivity (Wildman–Crippen MR) is 135 cm³/mol. The van der Waals surface area contributed by atoms with E-state index in [1.165, 1.54) is 64.2 Å². The SMILES string of the molecule is CCCCCCCCNC(=O)NCC1CC(CNC(=O)NCCCCCCCC)C1(C)C. The number of amides is 4. The van der Waals surface area contributed by atoms with Gasteiger partial charge in [-0.1, -0.05) is 91.9 Å². The molecule has 0 aromatic heterocycles. The fourth-order valence-corrected chi connectivity index (χ4v) is 4.59. The molecule has 1 fully saturated rings. The van der Waals surface area contributed by atoms with Gasteiger partial charge in [0.15, 0.2) is 0 Å². The van der Waals surface area contributed by atoms with Crippen molar-refractivity contribution in [1.82, 2.24) is 21.3 Å². The highest BCUT2D eigenvalue weighted by molar-refractivity contribution is 5.74. The maximum atomic E-state index is 12.0. The minimum Gasteiger partial charge on any atom is -0.338 e. The zero-order chi connectivity index (χ0) is 23.7. The van der Waals surface area contributed by atoms with Gasteiger partial charge < -0.3 is 21.3 Å². The van der Waals surface area contributed by atoms with Crippen LogP contribution >= 0.6 is 0 Å². The minimum atomic E-state index is -0.0509. The van der Waals surface area contributed by atoms with Gasteiger partial charge in [-0.3, -0.25) is 0 Å². The van der Waals surface area contributed by atoms with Gasteiger partial charge in [-0.05, 0) is 36.5 Å². The average Bonchev–Trinajstić information content (AvgIpc) is 2.76. The summed E-state index contributed by atoms with van der Waals surface area (Å²) >= 11 is 0. The number of nitrogens with one attached hydrogen (secondary N) is 4. The third-order valence-electron chi connectivity index (χ3n) is 7.32. The maximum absolute atomic E-state index is 12.0. The summed E-state index contributed by atoms with van der Waals surface area (Å²) in [4.78, 5) is 24.1. The Kier molecular flexibility index (Phi) is 15.2. The van der Waals surface area contributed by atoms with Crippen LogP contribution in [0.5, 0.6) is 0 Å². The van der Waals surface area contributed by atoms with Crippen molar-refractivity contribution in [2.45, 2.75) is 111 Å². The topological polar surface area (TPSA) is 82.3 Å². The number of urea groups is 2. The molecule has 0 aromatic carbocycles. The molecule has 2 unspecified atom stereocenters. The molecule has 0 aliphatic heterocycles. The van der Waals surface area contributed by atoms with Crippen molar-refractivity contribution >= 4 is 12.1 Å². The van der Waals surface area contributed by atoms with E-state index < -0.39 is 0 Å². The zero-order valence-corrected chi connectivity index (χ0v) is 21.5. The first-order valence-corrected chi connectivity index (χ1v) is 13.4. The molecule has 0 radical (unpaired) electrons. The van der Waals surface area contributed by atoms with Crippen molar-refractivity contribution in [3.63, 3.8) is 0 Å². The van der Waals surface area contributed by atoms with Gasteiger partial charge in [0.25, 0.3) is 0 Å². The molecule has 4 N–H and O–H groups in total. The summed E-state index contributed by atoms with van der Waals surface area (Å²) in [6, 6.07) is -0.102. The number of rotatable bonds is 18. The van der Waals surface area contributed by atoms with E-state index >= 15 is 0 Å². The lowest BCUT2D eigenvalue weighted by Crippen LogP contribution is -2.55. The Bertz CT molecular complexity index is 468. The van der Waals surface area contributed by atoms with Gasteiger partial charge in [0, 0.05) is 26.2 Å². The highest BCUT2D eigenvalue weighted by Crippen LogP contribution is 2.50. The van der Waals surface area contributed by atoms with Crippen LogP contribution in [0.4, 0.5) is 9.59 Å². The standard InChI is InChI=1S/C26H52N4O2/c1-5-7-9-11-13-15-17-27-24(31)29-20-22-19-23(26(22,3)4)21-30-25(32)28-18-16-14-12-10-8-6-2/h22-23H,5-21H2,1-4H3,(H2,27,29,31)(H2,28,30,32). The maximum Gasteiger partial charge on any atom is 0.314 e. The third kappa shape index (κ3) is 12.0. The van der Waals surface area contributed by atoms with Crippen LogP contribution in [0.3, 0.4) is 0 Å². The quantitative estimate of drug-likeness (QED) is 0.193. The lowest BCUT2D eigenvalue weighted by Gasteiger charge is -2.52. The molecule has 6 nitrogen and oxygen atoms in total. The summed E-state index contributed by atoms with van der Waals surface area (Å²) in [5.74, 6) is 0.917. The van der Waals surface area contributed by atoms with Gasteiger partial charge in [0.05, 0.1) is 0 Å². The van der Waals surface area contributed by atoms with Crippen molar-refractivity contribution in [3.8, 4) is 0 Å². The highest BCUT2D eigenvalue weighted by atomic mass is 16.2. The van der Waals surface area contributed by atoms with Gasteiger partial charge in [0.1, 0.15) is 0 Å². The number of unbranched alkanes of at least 4 members (excludes halogenated alkanes) is 10. The van der Waals surface area contributed by atoms with Gasteiger partial charge in [-0.2, -0.15) is 0 Å². The largest absolute Gasteiger partial charge is 0.338 e. The van der Waals surface area contributed by atoms with Crippen molar-refractivity contribution < 1.29 is 9.59 Å². The number of hydrogen-bond donors (Lipinski definition) is 4. The summed E-state index contributed by atoms with van der Waals surface area (Å²) < 4.78 is 0. The smallest absolute Gasteiger partial charge is 0.314 e. The van der Waals surface area contributed by atoms with Crippen LogP contribution in [0, 0.1) is 17.3 Å². The summed E-state index contributed by atoms with van der Waals surface area (Å²) in [5.41, 5.74) is 0.124. The second-order valence-electron chi connectivity index (χ2n) is 10.3. The first kappa shape index (κ1) is 28.6. The molecule has 0 heterocycles. The van der Waals surface area contributed by atoms with E-state index in [-0.39, 0.29) is 17.5 Å². The average molecular weight is 453 g/mol.